The summed E-state index contributed by atoms with van der Waals surface area (Å²) in [6.45, 7) is 0. The van der Waals surface area contributed by atoms with Gasteiger partial charge in [-0.15, -0.1) is 0 Å². The van der Waals surface area contributed by atoms with Crippen LogP contribution in [0.3, 0.4) is 0 Å². The highest BCUT2D eigenvalue weighted by Crippen LogP contribution is 2.25. The third kappa shape index (κ3) is 2.69. The SMILES string of the molecule is N#C/C(=C/c1ccc(-c2ccccc2F)o1)C(=O)O. The molecule has 0 atom stereocenters. The van der Waals surface area contributed by atoms with Gasteiger partial charge in [0, 0.05) is 6.08 Å². The minimum Gasteiger partial charge on any atom is -0.477 e. The summed E-state index contributed by atoms with van der Waals surface area (Å²) in [6, 6.07) is 10.6. The molecular weight excluding hydrogens is 249 g/mol. The summed E-state index contributed by atoms with van der Waals surface area (Å²) in [5, 5.41) is 17.3. The van der Waals surface area contributed by atoms with Crippen molar-refractivity contribution < 1.29 is 18.7 Å². The van der Waals surface area contributed by atoms with Crippen molar-refractivity contribution in [2.24, 2.45) is 0 Å². The van der Waals surface area contributed by atoms with E-state index in [-0.39, 0.29) is 17.1 Å². The van der Waals surface area contributed by atoms with E-state index in [1.807, 2.05) is 0 Å². The molecule has 0 amide bonds. The van der Waals surface area contributed by atoms with Crippen LogP contribution in [0.15, 0.2) is 46.4 Å². The molecule has 2 aromatic rings. The molecule has 0 saturated carbocycles. The van der Waals surface area contributed by atoms with Crippen LogP contribution in [0.5, 0.6) is 0 Å². The van der Waals surface area contributed by atoms with Gasteiger partial charge in [0.1, 0.15) is 29.0 Å². The fraction of sp³-hybridized carbons (Fsp3) is 0. The van der Waals surface area contributed by atoms with Crippen LogP contribution in [0, 0.1) is 17.1 Å². The van der Waals surface area contributed by atoms with Crippen LogP contribution >= 0.6 is 0 Å². The van der Waals surface area contributed by atoms with Crippen LogP contribution in [0.25, 0.3) is 17.4 Å². The van der Waals surface area contributed by atoms with E-state index in [0.29, 0.717) is 0 Å². The van der Waals surface area contributed by atoms with Gasteiger partial charge in [-0.3, -0.25) is 0 Å². The first-order valence-corrected chi connectivity index (χ1v) is 5.31. The Labute approximate surface area is 108 Å². The summed E-state index contributed by atoms with van der Waals surface area (Å²) in [5.74, 6) is -1.33. The van der Waals surface area contributed by atoms with E-state index in [1.165, 1.54) is 24.3 Å². The summed E-state index contributed by atoms with van der Waals surface area (Å²) in [4.78, 5) is 10.7. The van der Waals surface area contributed by atoms with Crippen LogP contribution in [-0.4, -0.2) is 11.1 Å². The summed E-state index contributed by atoms with van der Waals surface area (Å²) in [6.07, 6.45) is 1.09. The second-order valence-electron chi connectivity index (χ2n) is 3.66. The molecule has 0 spiro atoms. The molecule has 1 heterocycles. The number of benzene rings is 1. The van der Waals surface area contributed by atoms with E-state index < -0.39 is 17.4 Å². The quantitative estimate of drug-likeness (QED) is 0.677. The van der Waals surface area contributed by atoms with Gasteiger partial charge in [0.25, 0.3) is 0 Å². The van der Waals surface area contributed by atoms with Crippen LogP contribution in [-0.2, 0) is 4.79 Å². The molecule has 0 fully saturated rings. The van der Waals surface area contributed by atoms with E-state index >= 15 is 0 Å². The first kappa shape index (κ1) is 12.6. The Hall–Kier alpha value is -2.87. The van der Waals surface area contributed by atoms with E-state index in [2.05, 4.69) is 0 Å². The molecule has 4 nitrogen and oxygen atoms in total. The van der Waals surface area contributed by atoms with Crippen molar-refractivity contribution in [3.8, 4) is 17.4 Å². The molecular formula is C14H8FNO3. The Bertz CT molecular complexity index is 695. The Morgan fingerprint density at radius 2 is 2.05 bits per heavy atom. The summed E-state index contributed by atoms with van der Waals surface area (Å²) < 4.78 is 18.8. The summed E-state index contributed by atoms with van der Waals surface area (Å²) >= 11 is 0. The normalized spacial score (nSPS) is 11.1. The van der Waals surface area contributed by atoms with Crippen molar-refractivity contribution in [3.05, 3.63) is 53.5 Å². The lowest BCUT2D eigenvalue weighted by molar-refractivity contribution is -0.132. The van der Waals surface area contributed by atoms with Gasteiger partial charge in [-0.05, 0) is 24.3 Å². The highest BCUT2D eigenvalue weighted by molar-refractivity contribution is 5.96. The minimum absolute atomic E-state index is 0.178. The largest absolute Gasteiger partial charge is 0.477 e. The van der Waals surface area contributed by atoms with Crippen LogP contribution in [0.2, 0.25) is 0 Å². The number of rotatable bonds is 3. The van der Waals surface area contributed by atoms with Gasteiger partial charge in [0.2, 0.25) is 0 Å². The van der Waals surface area contributed by atoms with Gasteiger partial charge in [0.15, 0.2) is 0 Å². The lowest BCUT2D eigenvalue weighted by atomic mass is 10.1. The van der Waals surface area contributed by atoms with Crippen LogP contribution in [0.4, 0.5) is 4.39 Å². The number of hydrogen-bond acceptors (Lipinski definition) is 3. The number of aliphatic carboxylic acids is 1. The number of carboxylic acid groups (broad SMARTS) is 1. The van der Waals surface area contributed by atoms with Crippen molar-refractivity contribution in [2.75, 3.05) is 0 Å². The average Bonchev–Trinajstić information content (AvgIpc) is 2.84. The molecule has 19 heavy (non-hydrogen) atoms. The Morgan fingerprint density at radius 1 is 1.32 bits per heavy atom. The van der Waals surface area contributed by atoms with Gasteiger partial charge in [0.05, 0.1) is 5.56 Å². The Morgan fingerprint density at radius 3 is 2.68 bits per heavy atom. The fourth-order valence-electron chi connectivity index (χ4n) is 1.52. The molecule has 5 heteroatoms. The molecule has 1 aromatic heterocycles. The number of carboxylic acids is 1. The van der Waals surface area contributed by atoms with Gasteiger partial charge in [-0.25, -0.2) is 9.18 Å². The predicted octanol–water partition coefficient (Wildman–Crippen LogP) is 3.08. The van der Waals surface area contributed by atoms with Crippen molar-refractivity contribution in [3.63, 3.8) is 0 Å². The first-order chi connectivity index (χ1) is 9.11. The summed E-state index contributed by atoms with van der Waals surface area (Å²) in [5.41, 5.74) is -0.176. The zero-order valence-corrected chi connectivity index (χ0v) is 9.63. The predicted molar refractivity (Wildman–Crippen MR) is 65.3 cm³/mol. The fourth-order valence-corrected chi connectivity index (χ4v) is 1.52. The van der Waals surface area contributed by atoms with Crippen molar-refractivity contribution >= 4 is 12.0 Å². The topological polar surface area (TPSA) is 74.2 Å². The molecule has 2 rings (SSSR count). The third-order valence-electron chi connectivity index (χ3n) is 2.40. The van der Waals surface area contributed by atoms with Crippen molar-refractivity contribution in [1.29, 1.82) is 5.26 Å². The van der Waals surface area contributed by atoms with E-state index in [0.717, 1.165) is 6.08 Å². The lowest BCUT2D eigenvalue weighted by Gasteiger charge is -1.97. The van der Waals surface area contributed by atoms with Crippen molar-refractivity contribution in [1.82, 2.24) is 0 Å². The maximum absolute atomic E-state index is 13.5. The van der Waals surface area contributed by atoms with Gasteiger partial charge in [-0.2, -0.15) is 5.26 Å². The number of furan rings is 1. The number of nitrogens with zero attached hydrogens (tertiary/aromatic N) is 1. The minimum atomic E-state index is -1.34. The maximum atomic E-state index is 13.5. The number of carbonyl (C=O) groups is 1. The van der Waals surface area contributed by atoms with Crippen LogP contribution < -0.4 is 0 Å². The van der Waals surface area contributed by atoms with Crippen LogP contribution in [0.1, 0.15) is 5.76 Å². The molecule has 0 aliphatic carbocycles. The molecule has 0 radical (unpaired) electrons. The molecule has 0 aliphatic rings. The third-order valence-corrected chi connectivity index (χ3v) is 2.40. The monoisotopic (exact) mass is 257 g/mol. The standard InChI is InChI=1S/C14H8FNO3/c15-12-4-2-1-3-11(12)13-6-5-10(19-13)7-9(8-16)14(17)18/h1-7H,(H,17,18)/b9-7-. The number of nitriles is 1. The molecule has 1 aromatic carbocycles. The second-order valence-corrected chi connectivity index (χ2v) is 3.66. The van der Waals surface area contributed by atoms with Gasteiger partial charge < -0.3 is 9.52 Å². The highest BCUT2D eigenvalue weighted by atomic mass is 19.1. The zero-order valence-electron chi connectivity index (χ0n) is 9.63. The molecule has 0 bridgehead atoms. The zero-order chi connectivity index (χ0) is 13.8. The van der Waals surface area contributed by atoms with E-state index in [9.17, 15) is 9.18 Å². The highest BCUT2D eigenvalue weighted by Gasteiger charge is 2.10. The molecule has 0 saturated heterocycles. The Balaban J connectivity index is 2.38. The Kier molecular flexibility index (Phi) is 3.44. The van der Waals surface area contributed by atoms with E-state index in [1.54, 1.807) is 18.2 Å². The molecule has 0 unspecified atom stereocenters. The second kappa shape index (κ2) is 5.19. The average molecular weight is 257 g/mol. The maximum Gasteiger partial charge on any atom is 0.346 e. The van der Waals surface area contributed by atoms with Crippen molar-refractivity contribution in [2.45, 2.75) is 0 Å². The van der Waals surface area contributed by atoms with Gasteiger partial charge in [-0.1, -0.05) is 12.1 Å². The molecule has 1 N–H and O–H groups in total. The number of hydrogen-bond donors (Lipinski definition) is 1. The first-order valence-electron chi connectivity index (χ1n) is 5.31. The molecule has 94 valence electrons. The smallest absolute Gasteiger partial charge is 0.346 e. The van der Waals surface area contributed by atoms with Gasteiger partial charge >= 0.3 is 5.97 Å². The summed E-state index contributed by atoms with van der Waals surface area (Å²) in [7, 11) is 0. The molecule has 0 aliphatic heterocycles. The van der Waals surface area contributed by atoms with E-state index in [4.69, 9.17) is 14.8 Å². The lowest BCUT2D eigenvalue weighted by Crippen LogP contribution is -1.96. The number of halogens is 1.